The van der Waals surface area contributed by atoms with Crippen LogP contribution in [0.25, 0.3) is 0 Å². The van der Waals surface area contributed by atoms with Gasteiger partial charge in [0.15, 0.2) is 0 Å². The van der Waals surface area contributed by atoms with Crippen molar-refractivity contribution in [3.63, 3.8) is 0 Å². The Morgan fingerprint density at radius 2 is 1.86 bits per heavy atom. The summed E-state index contributed by atoms with van der Waals surface area (Å²) in [6.45, 7) is 3.39. The molecule has 2 aliphatic rings. The Bertz CT molecular complexity index is 512. The molecule has 1 saturated heterocycles. The summed E-state index contributed by atoms with van der Waals surface area (Å²) in [5.41, 5.74) is 2.53. The number of carboxylic acid groups (broad SMARTS) is 1. The molecule has 1 aliphatic heterocycles. The van der Waals surface area contributed by atoms with Gasteiger partial charge in [0, 0.05) is 37.4 Å². The molecule has 0 bridgehead atoms. The Morgan fingerprint density at radius 3 is 2.62 bits per heavy atom. The van der Waals surface area contributed by atoms with E-state index in [1.807, 2.05) is 4.90 Å². The quantitative estimate of drug-likeness (QED) is 0.836. The average molecular weight is 290 g/mol. The second kappa shape index (κ2) is 6.39. The summed E-state index contributed by atoms with van der Waals surface area (Å²) in [4.78, 5) is 24.0. The summed E-state index contributed by atoms with van der Waals surface area (Å²) in [6.07, 6.45) is 7.51. The fraction of sp³-hybridized carbons (Fsp3) is 0.667. The van der Waals surface area contributed by atoms with Crippen LogP contribution in [0.4, 0.5) is 5.82 Å². The van der Waals surface area contributed by atoms with Crippen molar-refractivity contribution in [2.75, 3.05) is 37.6 Å². The van der Waals surface area contributed by atoms with Gasteiger partial charge in [-0.3, -0.25) is 9.69 Å². The summed E-state index contributed by atoms with van der Waals surface area (Å²) in [7, 11) is 0. The van der Waals surface area contributed by atoms with Crippen molar-refractivity contribution in [2.24, 2.45) is 0 Å². The highest BCUT2D eigenvalue weighted by atomic mass is 16.4. The molecule has 0 unspecified atom stereocenters. The highest BCUT2D eigenvalue weighted by Gasteiger charge is 2.23. The van der Waals surface area contributed by atoms with E-state index in [4.69, 9.17) is 5.11 Å². The number of hydrogen-bond acceptors (Lipinski definition) is 5. The van der Waals surface area contributed by atoms with Crippen LogP contribution < -0.4 is 4.90 Å². The van der Waals surface area contributed by atoms with E-state index in [-0.39, 0.29) is 6.54 Å². The number of aliphatic carboxylic acids is 1. The first-order valence-electron chi connectivity index (χ1n) is 7.76. The maximum absolute atomic E-state index is 10.8. The Hall–Kier alpha value is -1.69. The Balaban J connectivity index is 1.72. The van der Waals surface area contributed by atoms with E-state index in [2.05, 4.69) is 14.9 Å². The van der Waals surface area contributed by atoms with Crippen LogP contribution in [0.3, 0.4) is 0 Å². The number of rotatable bonds is 3. The van der Waals surface area contributed by atoms with Crippen LogP contribution in [0.15, 0.2) is 6.33 Å². The highest BCUT2D eigenvalue weighted by molar-refractivity contribution is 5.69. The van der Waals surface area contributed by atoms with Gasteiger partial charge in [-0.1, -0.05) is 6.42 Å². The number of carboxylic acids is 1. The van der Waals surface area contributed by atoms with Gasteiger partial charge in [-0.2, -0.15) is 0 Å². The van der Waals surface area contributed by atoms with Crippen molar-refractivity contribution >= 4 is 11.8 Å². The van der Waals surface area contributed by atoms with Crippen LogP contribution in [0.2, 0.25) is 0 Å². The third-order valence-corrected chi connectivity index (χ3v) is 4.38. The maximum atomic E-state index is 10.8. The first kappa shape index (κ1) is 14.3. The molecule has 1 aromatic rings. The second-order valence-corrected chi connectivity index (χ2v) is 5.84. The lowest BCUT2D eigenvalue weighted by Gasteiger charge is -2.35. The zero-order valence-electron chi connectivity index (χ0n) is 12.3. The number of anilines is 1. The van der Waals surface area contributed by atoms with Crippen LogP contribution in [0.1, 0.15) is 30.5 Å². The molecule has 6 nitrogen and oxygen atoms in total. The van der Waals surface area contributed by atoms with Crippen molar-refractivity contribution in [1.82, 2.24) is 14.9 Å². The van der Waals surface area contributed by atoms with E-state index >= 15 is 0 Å². The Labute approximate surface area is 124 Å². The maximum Gasteiger partial charge on any atom is 0.317 e. The molecule has 6 heteroatoms. The van der Waals surface area contributed by atoms with Gasteiger partial charge < -0.3 is 10.0 Å². The van der Waals surface area contributed by atoms with Gasteiger partial charge in [0.05, 0.1) is 6.54 Å². The summed E-state index contributed by atoms with van der Waals surface area (Å²) in [5.74, 6) is 0.330. The van der Waals surface area contributed by atoms with E-state index in [1.165, 1.54) is 30.5 Å². The van der Waals surface area contributed by atoms with Crippen LogP contribution >= 0.6 is 0 Å². The molecular formula is C15H22N4O2. The minimum absolute atomic E-state index is 0.135. The molecule has 1 aliphatic carbocycles. The molecule has 0 spiro atoms. The first-order valence-corrected chi connectivity index (χ1v) is 7.76. The van der Waals surface area contributed by atoms with Crippen molar-refractivity contribution in [3.8, 4) is 0 Å². The van der Waals surface area contributed by atoms with E-state index in [9.17, 15) is 4.79 Å². The number of fused-ring (bicyclic) bond motifs is 1. The molecule has 0 atom stereocenters. The summed E-state index contributed by atoms with van der Waals surface area (Å²) in [5, 5.41) is 8.86. The van der Waals surface area contributed by atoms with Gasteiger partial charge in [-0.15, -0.1) is 0 Å². The van der Waals surface area contributed by atoms with E-state index in [0.717, 1.165) is 44.8 Å². The standard InChI is InChI=1S/C15H22N4O2/c20-14(21)10-18-6-8-19(9-7-18)15-12-4-2-1-3-5-13(12)16-11-17-15/h11H,1-10H2,(H,20,21). The lowest BCUT2D eigenvalue weighted by atomic mass is 10.1. The third kappa shape index (κ3) is 3.32. The predicted molar refractivity (Wildman–Crippen MR) is 79.6 cm³/mol. The van der Waals surface area contributed by atoms with Crippen LogP contribution in [-0.2, 0) is 17.6 Å². The van der Waals surface area contributed by atoms with Crippen molar-refractivity contribution in [3.05, 3.63) is 17.6 Å². The third-order valence-electron chi connectivity index (χ3n) is 4.38. The molecule has 114 valence electrons. The minimum atomic E-state index is -0.751. The van der Waals surface area contributed by atoms with Gasteiger partial charge in [0.2, 0.25) is 0 Å². The predicted octanol–water partition coefficient (Wildman–Crippen LogP) is 0.952. The van der Waals surface area contributed by atoms with Crippen molar-refractivity contribution < 1.29 is 9.90 Å². The monoisotopic (exact) mass is 290 g/mol. The zero-order valence-corrected chi connectivity index (χ0v) is 12.3. The van der Waals surface area contributed by atoms with Gasteiger partial charge in [0.25, 0.3) is 0 Å². The lowest BCUT2D eigenvalue weighted by Crippen LogP contribution is -2.48. The summed E-state index contributed by atoms with van der Waals surface area (Å²) >= 11 is 0. The van der Waals surface area contributed by atoms with Gasteiger partial charge in [-0.05, 0) is 25.7 Å². The number of nitrogens with zero attached hydrogens (tertiary/aromatic N) is 4. The smallest absolute Gasteiger partial charge is 0.317 e. The number of carbonyl (C=O) groups is 1. The molecule has 0 aromatic carbocycles. The van der Waals surface area contributed by atoms with E-state index < -0.39 is 5.97 Å². The van der Waals surface area contributed by atoms with Crippen molar-refractivity contribution in [1.29, 1.82) is 0 Å². The fourth-order valence-corrected chi connectivity index (χ4v) is 3.26. The zero-order chi connectivity index (χ0) is 14.7. The molecule has 0 radical (unpaired) electrons. The average Bonchev–Trinajstić information content (AvgIpc) is 2.72. The molecule has 1 N–H and O–H groups in total. The van der Waals surface area contributed by atoms with E-state index in [0.29, 0.717) is 0 Å². The molecule has 21 heavy (non-hydrogen) atoms. The van der Waals surface area contributed by atoms with Gasteiger partial charge in [0.1, 0.15) is 12.1 Å². The van der Waals surface area contributed by atoms with Gasteiger partial charge in [-0.25, -0.2) is 9.97 Å². The number of aryl methyl sites for hydroxylation is 1. The van der Waals surface area contributed by atoms with Crippen LogP contribution in [-0.4, -0.2) is 58.7 Å². The largest absolute Gasteiger partial charge is 0.480 e. The van der Waals surface area contributed by atoms with Crippen LogP contribution in [0, 0.1) is 0 Å². The molecule has 0 saturated carbocycles. The molecule has 2 heterocycles. The topological polar surface area (TPSA) is 69.6 Å². The van der Waals surface area contributed by atoms with Gasteiger partial charge >= 0.3 is 5.97 Å². The lowest BCUT2D eigenvalue weighted by molar-refractivity contribution is -0.138. The molecule has 0 amide bonds. The Morgan fingerprint density at radius 1 is 1.10 bits per heavy atom. The SMILES string of the molecule is O=C(O)CN1CCN(c2ncnc3c2CCCCC3)CC1. The number of piperazine rings is 1. The van der Waals surface area contributed by atoms with E-state index in [1.54, 1.807) is 6.33 Å². The normalized spacial score (nSPS) is 19.9. The first-order chi connectivity index (χ1) is 10.2. The molecule has 3 rings (SSSR count). The second-order valence-electron chi connectivity index (χ2n) is 5.84. The molecule has 1 aromatic heterocycles. The summed E-state index contributed by atoms with van der Waals surface area (Å²) in [6, 6.07) is 0. The van der Waals surface area contributed by atoms with Crippen molar-refractivity contribution in [2.45, 2.75) is 32.1 Å². The fourth-order valence-electron chi connectivity index (χ4n) is 3.26. The summed E-state index contributed by atoms with van der Waals surface area (Å²) < 4.78 is 0. The molecular weight excluding hydrogens is 268 g/mol. The Kier molecular flexibility index (Phi) is 4.34. The number of aromatic nitrogens is 2. The number of hydrogen-bond donors (Lipinski definition) is 1. The molecule has 1 fully saturated rings. The highest BCUT2D eigenvalue weighted by Crippen LogP contribution is 2.27. The van der Waals surface area contributed by atoms with Crippen LogP contribution in [0.5, 0.6) is 0 Å². The minimum Gasteiger partial charge on any atom is -0.480 e.